The summed E-state index contributed by atoms with van der Waals surface area (Å²) < 4.78 is 3.15. The Morgan fingerprint density at radius 2 is 1.81 bits per heavy atom. The first kappa shape index (κ1) is 19.8. The number of aromatic nitrogens is 3. The van der Waals surface area contributed by atoms with Crippen molar-refractivity contribution in [1.29, 1.82) is 0 Å². The minimum Gasteiger partial charge on any atom is -0.306 e. The molecule has 0 spiro atoms. The molecule has 0 N–H and O–H groups in total. The van der Waals surface area contributed by atoms with Crippen LogP contribution in [0.2, 0.25) is 0 Å². The average Bonchev–Trinajstić information content (AvgIpc) is 3.07. The molecule has 0 bridgehead atoms. The minimum absolute atomic E-state index is 0.185. The zero-order chi connectivity index (χ0) is 19.1. The quantitative estimate of drug-likeness (QED) is 0.252. The molecule has 27 heavy (non-hydrogen) atoms. The van der Waals surface area contributed by atoms with Crippen LogP contribution in [0.1, 0.15) is 41.5 Å². The van der Waals surface area contributed by atoms with Crippen LogP contribution in [-0.4, -0.2) is 26.3 Å². The summed E-state index contributed by atoms with van der Waals surface area (Å²) in [6.07, 6.45) is 2.15. The second kappa shape index (κ2) is 9.85. The van der Waals surface area contributed by atoms with Gasteiger partial charge in [-0.15, -0.1) is 10.2 Å². The Hall–Kier alpha value is -1.92. The molecule has 1 heterocycles. The molecule has 0 radical (unpaired) electrons. The van der Waals surface area contributed by atoms with Crippen molar-refractivity contribution in [3.8, 4) is 0 Å². The number of hydrogen-bond donors (Lipinski definition) is 0. The number of Topliss-reactive ketones (excluding diaryl/α,β-unsaturated/α-hetero) is 1. The van der Waals surface area contributed by atoms with Crippen molar-refractivity contribution in [2.24, 2.45) is 0 Å². The molecular formula is C21H22BrN3OS. The number of rotatable bonds is 9. The highest BCUT2D eigenvalue weighted by molar-refractivity contribution is 9.10. The van der Waals surface area contributed by atoms with Gasteiger partial charge in [0.15, 0.2) is 10.9 Å². The van der Waals surface area contributed by atoms with Gasteiger partial charge in [0.2, 0.25) is 0 Å². The maximum absolute atomic E-state index is 12.2. The lowest BCUT2D eigenvalue weighted by molar-refractivity contribution is 0.0982. The van der Waals surface area contributed by atoms with Crippen molar-refractivity contribution < 1.29 is 4.79 Å². The summed E-state index contributed by atoms with van der Waals surface area (Å²) >= 11 is 5.06. The van der Waals surface area contributed by atoms with Gasteiger partial charge >= 0.3 is 0 Å². The molecule has 0 amide bonds. The summed E-state index contributed by atoms with van der Waals surface area (Å²) in [4.78, 5) is 12.2. The Balaban J connectivity index is 1.52. The summed E-state index contributed by atoms with van der Waals surface area (Å²) in [6, 6.07) is 17.8. The van der Waals surface area contributed by atoms with Crippen molar-refractivity contribution in [1.82, 2.24) is 14.8 Å². The van der Waals surface area contributed by atoms with Gasteiger partial charge < -0.3 is 4.57 Å². The number of halogens is 1. The molecule has 2 aromatic carbocycles. The van der Waals surface area contributed by atoms with E-state index < -0.39 is 0 Å². The monoisotopic (exact) mass is 443 g/mol. The fourth-order valence-electron chi connectivity index (χ4n) is 2.83. The molecule has 0 saturated heterocycles. The molecule has 0 saturated carbocycles. The Bertz CT molecular complexity index is 878. The average molecular weight is 444 g/mol. The summed E-state index contributed by atoms with van der Waals surface area (Å²) in [5.41, 5.74) is 2.00. The van der Waals surface area contributed by atoms with Crippen LogP contribution in [0.3, 0.4) is 0 Å². The second-order valence-corrected chi connectivity index (χ2v) is 8.17. The molecule has 140 valence electrons. The van der Waals surface area contributed by atoms with E-state index in [2.05, 4.69) is 49.8 Å². The van der Waals surface area contributed by atoms with Gasteiger partial charge in [0.05, 0.1) is 0 Å². The third kappa shape index (κ3) is 5.53. The first-order chi connectivity index (χ1) is 13.2. The lowest BCUT2D eigenvalue weighted by Gasteiger charge is -2.07. The molecule has 0 aliphatic rings. The Labute approximate surface area is 172 Å². The van der Waals surface area contributed by atoms with Crippen molar-refractivity contribution >= 4 is 33.5 Å². The largest absolute Gasteiger partial charge is 0.306 e. The molecule has 1 aromatic heterocycles. The number of thioether (sulfide) groups is 1. The summed E-state index contributed by atoms with van der Waals surface area (Å²) in [5, 5.41) is 9.66. The van der Waals surface area contributed by atoms with E-state index in [-0.39, 0.29) is 5.78 Å². The van der Waals surface area contributed by atoms with Crippen LogP contribution < -0.4 is 0 Å². The van der Waals surface area contributed by atoms with E-state index in [9.17, 15) is 4.79 Å². The third-order valence-electron chi connectivity index (χ3n) is 4.26. The zero-order valence-corrected chi connectivity index (χ0v) is 17.7. The van der Waals surface area contributed by atoms with Gasteiger partial charge in [-0.1, -0.05) is 70.2 Å². The van der Waals surface area contributed by atoms with E-state index in [0.29, 0.717) is 6.42 Å². The molecule has 0 fully saturated rings. The number of carbonyl (C=O) groups excluding carboxylic acids is 1. The maximum Gasteiger partial charge on any atom is 0.191 e. The van der Waals surface area contributed by atoms with E-state index in [1.54, 1.807) is 11.8 Å². The smallest absolute Gasteiger partial charge is 0.191 e. The normalized spacial score (nSPS) is 10.9. The van der Waals surface area contributed by atoms with Gasteiger partial charge in [0.1, 0.15) is 5.82 Å². The lowest BCUT2D eigenvalue weighted by Crippen LogP contribution is -2.04. The lowest BCUT2D eigenvalue weighted by atomic mass is 10.1. The summed E-state index contributed by atoms with van der Waals surface area (Å²) in [6.45, 7) is 2.95. The summed E-state index contributed by atoms with van der Waals surface area (Å²) in [7, 11) is 0. The van der Waals surface area contributed by atoms with Gasteiger partial charge in [-0.25, -0.2) is 0 Å². The van der Waals surface area contributed by atoms with Crippen molar-refractivity contribution in [2.45, 2.75) is 37.9 Å². The van der Waals surface area contributed by atoms with Crippen molar-refractivity contribution in [3.63, 3.8) is 0 Å². The highest BCUT2D eigenvalue weighted by Gasteiger charge is 2.12. The van der Waals surface area contributed by atoms with Gasteiger partial charge in [-0.05, 0) is 31.0 Å². The fourth-order valence-corrected chi connectivity index (χ4v) is 4.05. The number of ketones is 1. The molecular weight excluding hydrogens is 422 g/mol. The highest BCUT2D eigenvalue weighted by Crippen LogP contribution is 2.21. The Morgan fingerprint density at radius 3 is 2.52 bits per heavy atom. The molecule has 3 aromatic rings. The van der Waals surface area contributed by atoms with Gasteiger partial charge in [-0.3, -0.25) is 4.79 Å². The van der Waals surface area contributed by atoms with Crippen LogP contribution in [0.25, 0.3) is 0 Å². The van der Waals surface area contributed by atoms with E-state index in [1.165, 1.54) is 5.56 Å². The van der Waals surface area contributed by atoms with E-state index in [1.807, 2.05) is 42.5 Å². The molecule has 4 nitrogen and oxygen atoms in total. The molecule has 0 unspecified atom stereocenters. The highest BCUT2D eigenvalue weighted by atomic mass is 79.9. The van der Waals surface area contributed by atoms with Crippen LogP contribution in [0.4, 0.5) is 0 Å². The summed E-state index contributed by atoms with van der Waals surface area (Å²) in [5.74, 6) is 2.02. The van der Waals surface area contributed by atoms with E-state index in [0.717, 1.165) is 46.2 Å². The van der Waals surface area contributed by atoms with Crippen LogP contribution >= 0.6 is 27.7 Å². The van der Waals surface area contributed by atoms with Gasteiger partial charge in [0.25, 0.3) is 0 Å². The Kier molecular flexibility index (Phi) is 7.24. The van der Waals surface area contributed by atoms with Crippen LogP contribution in [0.5, 0.6) is 0 Å². The molecule has 0 aliphatic heterocycles. The van der Waals surface area contributed by atoms with Gasteiger partial charge in [0, 0.05) is 35.2 Å². The van der Waals surface area contributed by atoms with E-state index >= 15 is 0 Å². The van der Waals surface area contributed by atoms with E-state index in [4.69, 9.17) is 0 Å². The van der Waals surface area contributed by atoms with Crippen molar-refractivity contribution in [3.05, 3.63) is 76.0 Å². The number of carbonyl (C=O) groups is 1. The molecule has 0 aliphatic carbocycles. The minimum atomic E-state index is 0.185. The maximum atomic E-state index is 12.2. The number of benzene rings is 2. The first-order valence-electron chi connectivity index (χ1n) is 9.05. The fraction of sp³-hybridized carbons (Fsp3) is 0.286. The zero-order valence-electron chi connectivity index (χ0n) is 15.3. The standard InChI is InChI=1S/C21H22BrN3OS/c1-2-25-20(15-16-7-4-3-5-8-16)23-24-21(25)27-14-6-9-19(26)17-10-12-18(22)13-11-17/h3-5,7-8,10-13H,2,6,9,14-15H2,1H3. The number of nitrogens with zero attached hydrogens (tertiary/aromatic N) is 3. The predicted molar refractivity (Wildman–Crippen MR) is 113 cm³/mol. The second-order valence-electron chi connectivity index (χ2n) is 6.19. The SMILES string of the molecule is CCn1c(Cc2ccccc2)nnc1SCCCC(=O)c1ccc(Br)cc1. The first-order valence-corrected chi connectivity index (χ1v) is 10.8. The predicted octanol–water partition coefficient (Wildman–Crippen LogP) is 5.41. The Morgan fingerprint density at radius 1 is 1.07 bits per heavy atom. The van der Waals surface area contributed by atoms with Crippen molar-refractivity contribution in [2.75, 3.05) is 5.75 Å². The topological polar surface area (TPSA) is 47.8 Å². The molecule has 0 atom stereocenters. The van der Waals surface area contributed by atoms with Crippen LogP contribution in [-0.2, 0) is 13.0 Å². The molecule has 3 rings (SSSR count). The molecule has 6 heteroatoms. The van der Waals surface area contributed by atoms with Crippen LogP contribution in [0, 0.1) is 0 Å². The number of hydrogen-bond acceptors (Lipinski definition) is 4. The third-order valence-corrected chi connectivity index (χ3v) is 5.84. The van der Waals surface area contributed by atoms with Gasteiger partial charge in [-0.2, -0.15) is 0 Å². The van der Waals surface area contributed by atoms with Crippen LogP contribution in [0.15, 0.2) is 64.2 Å².